The zero-order chi connectivity index (χ0) is 14.1. The quantitative estimate of drug-likeness (QED) is 0.396. The Hall–Kier alpha value is -1.14. The lowest BCUT2D eigenvalue weighted by Crippen LogP contribution is -2.50. The van der Waals surface area contributed by atoms with Crippen molar-refractivity contribution in [1.29, 1.82) is 0 Å². The summed E-state index contributed by atoms with van der Waals surface area (Å²) in [7, 11) is 0. The number of rotatable bonds is 5. The molecule has 0 unspecified atom stereocenters. The van der Waals surface area contributed by atoms with Crippen LogP contribution in [0.3, 0.4) is 0 Å². The Morgan fingerprint density at radius 2 is 2.05 bits per heavy atom. The van der Waals surface area contributed by atoms with Gasteiger partial charge < -0.3 is 10.2 Å². The molecule has 0 radical (unpaired) electrons. The molecule has 3 N–H and O–H groups in total. The van der Waals surface area contributed by atoms with Crippen molar-refractivity contribution >= 4 is 23.2 Å². The first-order chi connectivity index (χ1) is 9.13. The maximum atomic E-state index is 11.9. The Balaban J connectivity index is 2.20. The molecule has 1 saturated heterocycles. The van der Waals surface area contributed by atoms with Crippen LogP contribution < -0.4 is 16.2 Å². The van der Waals surface area contributed by atoms with Gasteiger partial charge in [0.1, 0.15) is 0 Å². The number of thiocarbonyl (C=S) groups is 1. The average molecular weight is 284 g/mol. The van der Waals surface area contributed by atoms with Crippen LogP contribution in [0.4, 0.5) is 0 Å². The lowest BCUT2D eigenvalue weighted by atomic mass is 10.1. The van der Waals surface area contributed by atoms with Gasteiger partial charge in [-0.25, -0.2) is 0 Å². The Morgan fingerprint density at radius 3 is 2.68 bits per heavy atom. The molecule has 19 heavy (non-hydrogen) atoms. The highest BCUT2D eigenvalue weighted by molar-refractivity contribution is 7.80. The topological polar surface area (TPSA) is 56.4 Å². The van der Waals surface area contributed by atoms with Gasteiger partial charge in [0.15, 0.2) is 5.11 Å². The Labute approximate surface area is 120 Å². The standard InChI is InChI=1S/C13H24N4OS/c1-3-7-14-13(19)16-15-12(18)11(2)10-17-8-5-4-6-9-17/h3,11H,1,4-10H2,2H3,(H,15,18)(H2,14,16,19)/t11-/m1/s1. The van der Waals surface area contributed by atoms with Crippen molar-refractivity contribution in [1.82, 2.24) is 21.1 Å². The summed E-state index contributed by atoms with van der Waals surface area (Å²) in [6.45, 7) is 9.10. The zero-order valence-corrected chi connectivity index (χ0v) is 12.4. The van der Waals surface area contributed by atoms with Gasteiger partial charge in [0.25, 0.3) is 0 Å². The highest BCUT2D eigenvalue weighted by atomic mass is 32.1. The minimum atomic E-state index is -0.0483. The van der Waals surface area contributed by atoms with E-state index in [2.05, 4.69) is 27.6 Å². The summed E-state index contributed by atoms with van der Waals surface area (Å²) < 4.78 is 0. The van der Waals surface area contributed by atoms with Gasteiger partial charge in [0.05, 0.1) is 0 Å². The number of hydrazine groups is 1. The Kier molecular flexibility index (Phi) is 7.43. The molecule has 5 nitrogen and oxygen atoms in total. The van der Waals surface area contributed by atoms with E-state index in [0.717, 1.165) is 19.6 Å². The van der Waals surface area contributed by atoms with E-state index in [0.29, 0.717) is 11.7 Å². The van der Waals surface area contributed by atoms with Crippen LogP contribution in [-0.4, -0.2) is 42.1 Å². The van der Waals surface area contributed by atoms with Gasteiger partial charge in [-0.3, -0.25) is 15.6 Å². The van der Waals surface area contributed by atoms with Gasteiger partial charge in [-0.2, -0.15) is 0 Å². The maximum absolute atomic E-state index is 11.9. The molecule has 1 atom stereocenters. The fourth-order valence-corrected chi connectivity index (χ4v) is 2.20. The molecule has 1 fully saturated rings. The number of hydrogen-bond donors (Lipinski definition) is 3. The van der Waals surface area contributed by atoms with Gasteiger partial charge in [0, 0.05) is 19.0 Å². The molecule has 0 aromatic heterocycles. The van der Waals surface area contributed by atoms with Crippen molar-refractivity contribution < 1.29 is 4.79 Å². The summed E-state index contributed by atoms with van der Waals surface area (Å²) in [6, 6.07) is 0. The smallest absolute Gasteiger partial charge is 0.242 e. The van der Waals surface area contributed by atoms with E-state index in [-0.39, 0.29) is 11.8 Å². The molecule has 0 aliphatic carbocycles. The lowest BCUT2D eigenvalue weighted by molar-refractivity contribution is -0.125. The molecular formula is C13H24N4OS. The van der Waals surface area contributed by atoms with Crippen LogP contribution in [0.5, 0.6) is 0 Å². The molecule has 6 heteroatoms. The molecule has 0 spiro atoms. The van der Waals surface area contributed by atoms with Crippen LogP contribution >= 0.6 is 12.2 Å². The first-order valence-electron chi connectivity index (χ1n) is 6.80. The minimum Gasteiger partial charge on any atom is -0.358 e. The van der Waals surface area contributed by atoms with E-state index in [1.165, 1.54) is 19.3 Å². The van der Waals surface area contributed by atoms with E-state index < -0.39 is 0 Å². The Bertz CT molecular complexity index is 316. The van der Waals surface area contributed by atoms with E-state index >= 15 is 0 Å². The largest absolute Gasteiger partial charge is 0.358 e. The van der Waals surface area contributed by atoms with Gasteiger partial charge in [-0.05, 0) is 38.1 Å². The van der Waals surface area contributed by atoms with Crippen molar-refractivity contribution in [2.45, 2.75) is 26.2 Å². The molecule has 0 aromatic carbocycles. The van der Waals surface area contributed by atoms with Crippen molar-refractivity contribution in [2.24, 2.45) is 5.92 Å². The fourth-order valence-electron chi connectivity index (χ4n) is 2.06. The summed E-state index contributed by atoms with van der Waals surface area (Å²) in [6.07, 6.45) is 5.49. The summed E-state index contributed by atoms with van der Waals surface area (Å²) in [4.78, 5) is 14.2. The number of nitrogens with one attached hydrogen (secondary N) is 3. The monoisotopic (exact) mass is 284 g/mol. The third-order valence-electron chi connectivity index (χ3n) is 3.13. The second-order valence-corrected chi connectivity index (χ2v) is 5.28. The SMILES string of the molecule is C=CCNC(=S)NNC(=O)[C@H](C)CN1CCCCC1. The predicted molar refractivity (Wildman–Crippen MR) is 81.5 cm³/mol. The Morgan fingerprint density at radius 1 is 1.37 bits per heavy atom. The highest BCUT2D eigenvalue weighted by Gasteiger charge is 2.18. The van der Waals surface area contributed by atoms with Crippen LogP contribution in [0.25, 0.3) is 0 Å². The van der Waals surface area contributed by atoms with Gasteiger partial charge >= 0.3 is 0 Å². The van der Waals surface area contributed by atoms with Gasteiger partial charge in [0.2, 0.25) is 5.91 Å². The van der Waals surface area contributed by atoms with Crippen molar-refractivity contribution in [3.8, 4) is 0 Å². The maximum Gasteiger partial charge on any atom is 0.242 e. The second-order valence-electron chi connectivity index (χ2n) is 4.88. The molecule has 0 bridgehead atoms. The first-order valence-corrected chi connectivity index (χ1v) is 7.21. The van der Waals surface area contributed by atoms with Crippen LogP contribution in [0.2, 0.25) is 0 Å². The minimum absolute atomic E-state index is 0.0340. The molecule has 0 aromatic rings. The number of likely N-dealkylation sites (tertiary alicyclic amines) is 1. The van der Waals surface area contributed by atoms with E-state index in [1.54, 1.807) is 6.08 Å². The van der Waals surface area contributed by atoms with Crippen LogP contribution in [-0.2, 0) is 4.79 Å². The molecule has 108 valence electrons. The fraction of sp³-hybridized carbons (Fsp3) is 0.692. The molecule has 1 heterocycles. The number of amides is 1. The summed E-state index contributed by atoms with van der Waals surface area (Å²) in [5.41, 5.74) is 5.32. The summed E-state index contributed by atoms with van der Waals surface area (Å²) in [5, 5.41) is 3.29. The number of carbonyl (C=O) groups is 1. The lowest BCUT2D eigenvalue weighted by Gasteiger charge is -2.28. The molecular weight excluding hydrogens is 260 g/mol. The second kappa shape index (κ2) is 8.87. The van der Waals surface area contributed by atoms with E-state index in [4.69, 9.17) is 12.2 Å². The zero-order valence-electron chi connectivity index (χ0n) is 11.6. The third-order valence-corrected chi connectivity index (χ3v) is 3.38. The number of carbonyl (C=O) groups excluding carboxylic acids is 1. The molecule has 1 aliphatic heterocycles. The van der Waals surface area contributed by atoms with Crippen molar-refractivity contribution in [3.63, 3.8) is 0 Å². The average Bonchev–Trinajstić information content (AvgIpc) is 2.43. The van der Waals surface area contributed by atoms with Crippen molar-refractivity contribution in [2.75, 3.05) is 26.2 Å². The van der Waals surface area contributed by atoms with E-state index in [9.17, 15) is 4.79 Å². The number of piperidine rings is 1. The first kappa shape index (κ1) is 15.9. The number of hydrogen-bond acceptors (Lipinski definition) is 3. The molecule has 1 amide bonds. The van der Waals surface area contributed by atoms with Crippen LogP contribution in [0.15, 0.2) is 12.7 Å². The predicted octanol–water partition coefficient (Wildman–Crippen LogP) is 0.790. The van der Waals surface area contributed by atoms with Gasteiger partial charge in [-0.15, -0.1) is 6.58 Å². The summed E-state index contributed by atoms with van der Waals surface area (Å²) >= 11 is 4.99. The molecule has 0 saturated carbocycles. The van der Waals surface area contributed by atoms with E-state index in [1.807, 2.05) is 6.92 Å². The number of nitrogens with zero attached hydrogens (tertiary/aromatic N) is 1. The normalized spacial score (nSPS) is 17.3. The molecule has 1 aliphatic rings. The highest BCUT2D eigenvalue weighted by Crippen LogP contribution is 2.10. The van der Waals surface area contributed by atoms with Crippen molar-refractivity contribution in [3.05, 3.63) is 12.7 Å². The van der Waals surface area contributed by atoms with Crippen LogP contribution in [0, 0.1) is 5.92 Å². The summed E-state index contributed by atoms with van der Waals surface area (Å²) in [5.74, 6) is -0.0823. The van der Waals surface area contributed by atoms with Crippen LogP contribution in [0.1, 0.15) is 26.2 Å². The third kappa shape index (κ3) is 6.54. The van der Waals surface area contributed by atoms with Gasteiger partial charge in [-0.1, -0.05) is 19.4 Å². The molecule has 1 rings (SSSR count).